The summed E-state index contributed by atoms with van der Waals surface area (Å²) >= 11 is 0. The molecular formula is C15H22N2O2. The molecule has 1 fully saturated rings. The summed E-state index contributed by atoms with van der Waals surface area (Å²) in [5.74, 6) is 0. The highest BCUT2D eigenvalue weighted by atomic mass is 16.6. The SMILES string of the molecule is CC(C)(C)OC(=O)NC1(C(N)c2ccccc2)CC1. The molecule has 1 aromatic rings. The lowest BCUT2D eigenvalue weighted by Crippen LogP contribution is -2.46. The number of ether oxygens (including phenoxy) is 1. The van der Waals surface area contributed by atoms with Crippen molar-refractivity contribution in [3.63, 3.8) is 0 Å². The molecule has 3 N–H and O–H groups in total. The van der Waals surface area contributed by atoms with Crippen LogP contribution in [0, 0.1) is 0 Å². The molecular weight excluding hydrogens is 240 g/mol. The van der Waals surface area contributed by atoms with Crippen molar-refractivity contribution in [2.24, 2.45) is 5.73 Å². The van der Waals surface area contributed by atoms with E-state index in [4.69, 9.17) is 10.5 Å². The maximum absolute atomic E-state index is 11.9. The second-order valence-corrected chi connectivity index (χ2v) is 6.17. The fourth-order valence-corrected chi connectivity index (χ4v) is 2.13. The van der Waals surface area contributed by atoms with Crippen LogP contribution < -0.4 is 11.1 Å². The van der Waals surface area contributed by atoms with Crippen molar-refractivity contribution >= 4 is 6.09 Å². The number of alkyl carbamates (subject to hydrolysis) is 1. The van der Waals surface area contributed by atoms with Crippen molar-refractivity contribution in [1.29, 1.82) is 0 Å². The minimum absolute atomic E-state index is 0.193. The van der Waals surface area contributed by atoms with Gasteiger partial charge in [-0.15, -0.1) is 0 Å². The molecule has 4 heteroatoms. The minimum Gasteiger partial charge on any atom is -0.444 e. The zero-order valence-electron chi connectivity index (χ0n) is 11.8. The Morgan fingerprint density at radius 2 is 1.89 bits per heavy atom. The molecule has 0 heterocycles. The van der Waals surface area contributed by atoms with Crippen LogP contribution in [0.1, 0.15) is 45.2 Å². The molecule has 1 aliphatic carbocycles. The molecule has 1 aliphatic rings. The van der Waals surface area contributed by atoms with Crippen molar-refractivity contribution in [3.8, 4) is 0 Å². The van der Waals surface area contributed by atoms with Gasteiger partial charge in [0, 0.05) is 0 Å². The molecule has 0 saturated heterocycles. The number of carbonyl (C=O) groups is 1. The molecule has 0 bridgehead atoms. The monoisotopic (exact) mass is 262 g/mol. The van der Waals surface area contributed by atoms with Gasteiger partial charge < -0.3 is 15.8 Å². The van der Waals surface area contributed by atoms with E-state index >= 15 is 0 Å². The summed E-state index contributed by atoms with van der Waals surface area (Å²) in [5, 5.41) is 2.94. The van der Waals surface area contributed by atoms with Crippen molar-refractivity contribution in [2.45, 2.75) is 50.8 Å². The molecule has 1 saturated carbocycles. The molecule has 1 atom stereocenters. The third-order valence-electron chi connectivity index (χ3n) is 3.29. The summed E-state index contributed by atoms with van der Waals surface area (Å²) in [7, 11) is 0. The molecule has 0 aliphatic heterocycles. The number of nitrogens with one attached hydrogen (secondary N) is 1. The summed E-state index contributed by atoms with van der Waals surface area (Å²) in [6.07, 6.45) is 1.39. The van der Waals surface area contributed by atoms with Crippen LogP contribution in [0.25, 0.3) is 0 Å². The Morgan fingerprint density at radius 3 is 2.37 bits per heavy atom. The van der Waals surface area contributed by atoms with Crippen molar-refractivity contribution in [1.82, 2.24) is 5.32 Å². The molecule has 1 amide bonds. The topological polar surface area (TPSA) is 64.3 Å². The standard InChI is InChI=1S/C15H22N2O2/c1-14(2,3)19-13(18)17-15(9-10-15)12(16)11-7-5-4-6-8-11/h4-8,12H,9-10,16H2,1-3H3,(H,17,18). The molecule has 4 nitrogen and oxygen atoms in total. The Bertz CT molecular complexity index is 447. The number of rotatable bonds is 3. The van der Waals surface area contributed by atoms with E-state index < -0.39 is 11.7 Å². The number of amides is 1. The quantitative estimate of drug-likeness (QED) is 0.880. The molecule has 1 aromatic carbocycles. The average Bonchev–Trinajstić information content (AvgIpc) is 3.07. The maximum atomic E-state index is 11.9. The second-order valence-electron chi connectivity index (χ2n) is 6.17. The van der Waals surface area contributed by atoms with E-state index in [1.165, 1.54) is 0 Å². The van der Waals surface area contributed by atoms with Crippen LogP contribution in [0.5, 0.6) is 0 Å². The lowest BCUT2D eigenvalue weighted by Gasteiger charge is -2.27. The van der Waals surface area contributed by atoms with Gasteiger partial charge in [-0.2, -0.15) is 0 Å². The van der Waals surface area contributed by atoms with Gasteiger partial charge in [0.05, 0.1) is 11.6 Å². The first-order valence-electron chi connectivity index (χ1n) is 6.64. The van der Waals surface area contributed by atoms with Gasteiger partial charge in [-0.05, 0) is 39.2 Å². The van der Waals surface area contributed by atoms with E-state index in [0.29, 0.717) is 0 Å². The Hall–Kier alpha value is -1.55. The van der Waals surface area contributed by atoms with Crippen LogP contribution in [-0.4, -0.2) is 17.2 Å². The number of nitrogens with two attached hydrogens (primary N) is 1. The number of carbonyl (C=O) groups excluding carboxylic acids is 1. The Kier molecular flexibility index (Phi) is 3.54. The molecule has 2 rings (SSSR count). The summed E-state index contributed by atoms with van der Waals surface area (Å²) in [6, 6.07) is 9.65. The van der Waals surface area contributed by atoms with Crippen LogP contribution in [0.4, 0.5) is 4.79 Å². The van der Waals surface area contributed by atoms with Gasteiger partial charge in [0.15, 0.2) is 0 Å². The average molecular weight is 262 g/mol. The summed E-state index contributed by atoms with van der Waals surface area (Å²) < 4.78 is 5.29. The van der Waals surface area contributed by atoms with E-state index in [9.17, 15) is 4.79 Å². The summed E-state index contributed by atoms with van der Waals surface area (Å²) in [5.41, 5.74) is 6.48. The van der Waals surface area contributed by atoms with E-state index in [-0.39, 0.29) is 11.6 Å². The van der Waals surface area contributed by atoms with Crippen LogP contribution in [0.3, 0.4) is 0 Å². The number of benzene rings is 1. The second kappa shape index (κ2) is 4.85. The number of hydrogen-bond acceptors (Lipinski definition) is 3. The van der Waals surface area contributed by atoms with Gasteiger partial charge >= 0.3 is 6.09 Å². The highest BCUT2D eigenvalue weighted by Gasteiger charge is 2.50. The van der Waals surface area contributed by atoms with Crippen LogP contribution in [0.15, 0.2) is 30.3 Å². The maximum Gasteiger partial charge on any atom is 0.408 e. The molecule has 0 spiro atoms. The van der Waals surface area contributed by atoms with E-state index in [1.807, 2.05) is 51.1 Å². The van der Waals surface area contributed by atoms with E-state index in [2.05, 4.69) is 5.32 Å². The zero-order valence-corrected chi connectivity index (χ0v) is 11.8. The largest absolute Gasteiger partial charge is 0.444 e. The van der Waals surface area contributed by atoms with E-state index in [1.54, 1.807) is 0 Å². The van der Waals surface area contributed by atoms with Crippen molar-refractivity contribution in [2.75, 3.05) is 0 Å². The van der Waals surface area contributed by atoms with Crippen LogP contribution >= 0.6 is 0 Å². The Balaban J connectivity index is 2.02. The first kappa shape index (κ1) is 13.9. The van der Waals surface area contributed by atoms with Crippen molar-refractivity contribution in [3.05, 3.63) is 35.9 Å². The molecule has 0 aromatic heterocycles. The van der Waals surface area contributed by atoms with Gasteiger partial charge in [0.2, 0.25) is 0 Å². The predicted octanol–water partition coefficient (Wildman–Crippen LogP) is 2.74. The van der Waals surface area contributed by atoms with Gasteiger partial charge in [0.25, 0.3) is 0 Å². The third-order valence-corrected chi connectivity index (χ3v) is 3.29. The van der Waals surface area contributed by atoms with Crippen LogP contribution in [-0.2, 0) is 4.74 Å². The fourth-order valence-electron chi connectivity index (χ4n) is 2.13. The highest BCUT2D eigenvalue weighted by molar-refractivity contribution is 5.69. The van der Waals surface area contributed by atoms with Gasteiger partial charge in [-0.1, -0.05) is 30.3 Å². The molecule has 0 radical (unpaired) electrons. The normalized spacial score (nSPS) is 18.5. The van der Waals surface area contributed by atoms with Crippen molar-refractivity contribution < 1.29 is 9.53 Å². The molecule has 1 unspecified atom stereocenters. The van der Waals surface area contributed by atoms with Gasteiger partial charge in [-0.3, -0.25) is 0 Å². The Labute approximate surface area is 114 Å². The smallest absolute Gasteiger partial charge is 0.408 e. The minimum atomic E-state index is -0.489. The lowest BCUT2D eigenvalue weighted by molar-refractivity contribution is 0.0487. The Morgan fingerprint density at radius 1 is 1.32 bits per heavy atom. The zero-order chi connectivity index (χ0) is 14.1. The van der Waals surface area contributed by atoms with Gasteiger partial charge in [0.1, 0.15) is 5.60 Å². The van der Waals surface area contributed by atoms with E-state index in [0.717, 1.165) is 18.4 Å². The summed E-state index contributed by atoms with van der Waals surface area (Å²) in [6.45, 7) is 5.55. The lowest BCUT2D eigenvalue weighted by atomic mass is 9.98. The predicted molar refractivity (Wildman–Crippen MR) is 74.7 cm³/mol. The number of hydrogen-bond donors (Lipinski definition) is 2. The molecule has 104 valence electrons. The van der Waals surface area contributed by atoms with Crippen LogP contribution in [0.2, 0.25) is 0 Å². The fraction of sp³-hybridized carbons (Fsp3) is 0.533. The first-order valence-corrected chi connectivity index (χ1v) is 6.64. The van der Waals surface area contributed by atoms with Gasteiger partial charge in [-0.25, -0.2) is 4.79 Å². The third kappa shape index (κ3) is 3.47. The first-order chi connectivity index (χ1) is 8.82. The summed E-state index contributed by atoms with van der Waals surface area (Å²) in [4.78, 5) is 11.9. The highest BCUT2D eigenvalue weighted by Crippen LogP contribution is 2.44. The molecule has 19 heavy (non-hydrogen) atoms.